The number of methoxy groups -OCH3 is 1. The molecule has 4 aromatic rings. The third kappa shape index (κ3) is 5.27. The van der Waals surface area contributed by atoms with E-state index < -0.39 is 25.4 Å². The van der Waals surface area contributed by atoms with Crippen LogP contribution in [0.25, 0.3) is 5.69 Å². The molecular formula is C27H24F3N3OS2. The van der Waals surface area contributed by atoms with Gasteiger partial charge < -0.3 is 4.74 Å². The fraction of sp³-hybridized carbons (Fsp3) is 0.185. The summed E-state index contributed by atoms with van der Waals surface area (Å²) >= 11 is 5.89. The van der Waals surface area contributed by atoms with Crippen LogP contribution in [0.5, 0.6) is 5.75 Å². The van der Waals surface area contributed by atoms with Crippen LogP contribution in [0.2, 0.25) is 0 Å². The Labute approximate surface area is 216 Å². The minimum Gasteiger partial charge on any atom is -0.497 e. The summed E-state index contributed by atoms with van der Waals surface area (Å²) in [6.45, 7) is -3.80. The molecule has 0 saturated carbocycles. The minimum absolute atomic E-state index is 0.0608. The van der Waals surface area contributed by atoms with Crippen LogP contribution >= 0.6 is 24.0 Å². The van der Waals surface area contributed by atoms with Crippen molar-refractivity contribution in [3.8, 4) is 11.4 Å². The van der Waals surface area contributed by atoms with Crippen molar-refractivity contribution in [1.82, 2.24) is 4.57 Å². The lowest BCUT2D eigenvalue weighted by molar-refractivity contribution is 0.184. The first kappa shape index (κ1) is 25.8. The van der Waals surface area contributed by atoms with Crippen LogP contribution in [0.1, 0.15) is 4.88 Å². The van der Waals surface area contributed by atoms with E-state index in [0.29, 0.717) is 31.8 Å². The summed E-state index contributed by atoms with van der Waals surface area (Å²) < 4.78 is 50.0. The summed E-state index contributed by atoms with van der Waals surface area (Å²) in [5.41, 5.74) is -0.311. The molecule has 0 N–H and O–H groups in total. The predicted molar refractivity (Wildman–Crippen MR) is 142 cm³/mol. The van der Waals surface area contributed by atoms with E-state index in [-0.39, 0.29) is 5.71 Å². The molecule has 3 aromatic carbocycles. The summed E-state index contributed by atoms with van der Waals surface area (Å²) in [6.07, 6.45) is 0. The Balaban J connectivity index is 2.01. The van der Waals surface area contributed by atoms with Gasteiger partial charge in [0.2, 0.25) is 0 Å². The number of alkyl halides is 3. The van der Waals surface area contributed by atoms with Crippen molar-refractivity contribution in [1.29, 1.82) is 0 Å². The Morgan fingerprint density at radius 3 is 2.00 bits per heavy atom. The smallest absolute Gasteiger partial charge is 0.196 e. The van der Waals surface area contributed by atoms with Gasteiger partial charge in [-0.3, -0.25) is 9.56 Å². The van der Waals surface area contributed by atoms with Crippen molar-refractivity contribution >= 4 is 41.1 Å². The van der Waals surface area contributed by atoms with Crippen LogP contribution in [0.4, 0.5) is 24.5 Å². The average molecular weight is 528 g/mol. The normalized spacial score (nSPS) is 12.7. The summed E-state index contributed by atoms with van der Waals surface area (Å²) in [4.78, 5) is 10.1. The first-order valence-electron chi connectivity index (χ1n) is 11.1. The molecule has 36 heavy (non-hydrogen) atoms. The molecule has 1 aromatic heterocycles. The van der Waals surface area contributed by atoms with Gasteiger partial charge in [-0.2, -0.15) is 0 Å². The van der Waals surface area contributed by atoms with Gasteiger partial charge in [0, 0.05) is 5.69 Å². The van der Waals surface area contributed by atoms with E-state index in [1.807, 2.05) is 60.7 Å². The number of nitrogens with zero attached hydrogens (tertiary/aromatic N) is 3. The number of hydrogen-bond acceptors (Lipinski definition) is 5. The maximum absolute atomic E-state index is 14.3. The lowest BCUT2D eigenvalue weighted by Gasteiger charge is -2.26. The van der Waals surface area contributed by atoms with E-state index in [4.69, 9.17) is 22.4 Å². The highest BCUT2D eigenvalue weighted by Gasteiger charge is 2.40. The van der Waals surface area contributed by atoms with Crippen molar-refractivity contribution in [3.05, 3.63) is 94.6 Å². The van der Waals surface area contributed by atoms with Crippen molar-refractivity contribution in [3.63, 3.8) is 0 Å². The second kappa shape index (κ2) is 11.6. The number of thiazole rings is 1. The lowest BCUT2D eigenvalue weighted by atomic mass is 9.86. The molecule has 186 valence electrons. The number of rotatable bonds is 9. The van der Waals surface area contributed by atoms with Crippen molar-refractivity contribution in [2.24, 2.45) is 15.4 Å². The molecule has 0 radical (unpaired) electrons. The van der Waals surface area contributed by atoms with Crippen LogP contribution in [-0.2, 0) is 0 Å². The van der Waals surface area contributed by atoms with Crippen LogP contribution in [0.3, 0.4) is 0 Å². The molecule has 4 nitrogen and oxygen atoms in total. The van der Waals surface area contributed by atoms with Gasteiger partial charge in [0.15, 0.2) is 4.80 Å². The van der Waals surface area contributed by atoms with Gasteiger partial charge in [-0.1, -0.05) is 47.7 Å². The molecule has 1 heterocycles. The third-order valence-corrected chi connectivity index (χ3v) is 7.22. The van der Waals surface area contributed by atoms with E-state index in [1.165, 1.54) is 7.11 Å². The van der Waals surface area contributed by atoms with Gasteiger partial charge >= 0.3 is 0 Å². The van der Waals surface area contributed by atoms with Gasteiger partial charge in [0.1, 0.15) is 25.8 Å². The quantitative estimate of drug-likeness (QED) is 0.183. The zero-order chi connectivity index (χ0) is 25.5. The van der Waals surface area contributed by atoms with Crippen LogP contribution in [-0.4, -0.2) is 37.4 Å². The standard InChI is InChI=1S/C27H24F3N3OS2/c1-34-22-14-12-20(13-15-22)31-24(27(16-28,17-29)18-30)23-25(35)33(21-10-6-3-7-11-21)26(36-23)32-19-8-4-2-5-9-19/h2-15,35H,16-18H2,1H3. The first-order valence-corrected chi connectivity index (χ1v) is 12.3. The van der Waals surface area contributed by atoms with Gasteiger partial charge in [0.05, 0.1) is 39.5 Å². The van der Waals surface area contributed by atoms with Crippen LogP contribution in [0.15, 0.2) is 99.9 Å². The molecule has 9 heteroatoms. The molecule has 0 aliphatic heterocycles. The Kier molecular flexibility index (Phi) is 8.32. The average Bonchev–Trinajstić information content (AvgIpc) is 3.25. The summed E-state index contributed by atoms with van der Waals surface area (Å²) in [5.74, 6) is 0.597. The second-order valence-electron chi connectivity index (χ2n) is 8.00. The van der Waals surface area contributed by atoms with Crippen molar-refractivity contribution < 1.29 is 17.9 Å². The molecule has 0 spiro atoms. The second-order valence-corrected chi connectivity index (χ2v) is 9.40. The van der Waals surface area contributed by atoms with E-state index in [2.05, 4.69) is 4.99 Å². The number of benzene rings is 3. The Morgan fingerprint density at radius 2 is 1.44 bits per heavy atom. The SMILES string of the molecule is COc1ccc(N=C(c2sc(=Nc3ccccc3)n(-c3ccccc3)c2S)C(CF)(CF)CF)cc1. The molecule has 0 bridgehead atoms. The minimum atomic E-state index is -2.08. The zero-order valence-corrected chi connectivity index (χ0v) is 21.2. The van der Waals surface area contributed by atoms with Crippen molar-refractivity contribution in [2.75, 3.05) is 27.1 Å². The Morgan fingerprint density at radius 1 is 0.861 bits per heavy atom. The maximum Gasteiger partial charge on any atom is 0.196 e. The largest absolute Gasteiger partial charge is 0.497 e. The molecule has 4 rings (SSSR count). The maximum atomic E-state index is 14.3. The van der Waals surface area contributed by atoms with Gasteiger partial charge in [-0.05, 0) is 48.5 Å². The Hall–Kier alpha value is -3.30. The fourth-order valence-corrected chi connectivity index (χ4v) is 5.20. The van der Waals surface area contributed by atoms with Crippen LogP contribution in [0, 0.1) is 5.41 Å². The molecule has 0 amide bonds. The number of thiol groups is 1. The van der Waals surface area contributed by atoms with Gasteiger partial charge in [-0.25, -0.2) is 18.2 Å². The monoisotopic (exact) mass is 527 g/mol. The van der Waals surface area contributed by atoms with E-state index in [9.17, 15) is 13.2 Å². The summed E-state index contributed by atoms with van der Waals surface area (Å²) in [5, 5.41) is 0.355. The highest BCUT2D eigenvalue weighted by Crippen LogP contribution is 2.35. The van der Waals surface area contributed by atoms with E-state index >= 15 is 0 Å². The zero-order valence-electron chi connectivity index (χ0n) is 19.4. The predicted octanol–water partition coefficient (Wildman–Crippen LogP) is 7.08. The topological polar surface area (TPSA) is 38.9 Å². The fourth-order valence-electron chi connectivity index (χ4n) is 3.52. The van der Waals surface area contributed by atoms with Gasteiger partial charge in [0.25, 0.3) is 0 Å². The van der Waals surface area contributed by atoms with E-state index in [1.54, 1.807) is 28.8 Å². The number of hydrogen-bond donors (Lipinski definition) is 1. The van der Waals surface area contributed by atoms with E-state index in [0.717, 1.165) is 17.0 Å². The highest BCUT2D eigenvalue weighted by atomic mass is 32.1. The summed E-state index contributed by atoms with van der Waals surface area (Å²) in [6, 6.07) is 25.3. The van der Waals surface area contributed by atoms with Crippen molar-refractivity contribution in [2.45, 2.75) is 5.03 Å². The number of para-hydroxylation sites is 2. The van der Waals surface area contributed by atoms with Gasteiger partial charge in [-0.15, -0.1) is 12.6 Å². The number of ether oxygens (including phenoxy) is 1. The first-order chi connectivity index (χ1) is 17.5. The molecule has 0 saturated heterocycles. The lowest BCUT2D eigenvalue weighted by Crippen LogP contribution is -2.38. The number of aromatic nitrogens is 1. The number of aliphatic imine (C=N–C) groups is 1. The van der Waals surface area contributed by atoms with Crippen LogP contribution < -0.4 is 9.54 Å². The molecule has 0 atom stereocenters. The summed E-state index contributed by atoms with van der Waals surface area (Å²) in [7, 11) is 1.53. The molecule has 0 fully saturated rings. The molecule has 0 aliphatic carbocycles. The highest BCUT2D eigenvalue weighted by molar-refractivity contribution is 7.80. The molecule has 0 aliphatic rings. The molecular weight excluding hydrogens is 503 g/mol. The Bertz CT molecular complexity index is 1370. The number of halogens is 3. The third-order valence-electron chi connectivity index (χ3n) is 5.59. The molecule has 0 unspecified atom stereocenters.